The van der Waals surface area contributed by atoms with Crippen molar-refractivity contribution in [2.45, 2.75) is 19.9 Å². The van der Waals surface area contributed by atoms with Crippen LogP contribution < -0.4 is 19.6 Å². The lowest BCUT2D eigenvalue weighted by Crippen LogP contribution is -2.40. The summed E-state index contributed by atoms with van der Waals surface area (Å²) in [5, 5.41) is 11.4. The van der Waals surface area contributed by atoms with Crippen molar-refractivity contribution in [1.29, 1.82) is 0 Å². The number of carbonyl (C=O) groups excluding carboxylic acids is 1. The lowest BCUT2D eigenvalue weighted by atomic mass is 9.90. The molecule has 0 saturated heterocycles. The fraction of sp³-hybridized carbons (Fsp3) is 0.152. The van der Waals surface area contributed by atoms with E-state index in [9.17, 15) is 19.5 Å². The van der Waals surface area contributed by atoms with E-state index in [0.717, 1.165) is 22.1 Å². The van der Waals surface area contributed by atoms with Crippen molar-refractivity contribution < 1.29 is 28.6 Å². The van der Waals surface area contributed by atoms with E-state index in [1.165, 1.54) is 22.8 Å². The number of furan rings is 1. The fourth-order valence-electron chi connectivity index (χ4n) is 5.35. The number of aromatic carboxylic acids is 1. The van der Waals surface area contributed by atoms with Gasteiger partial charge in [0.25, 0.3) is 5.56 Å². The molecule has 1 N–H and O–H groups in total. The highest BCUT2D eigenvalue weighted by Gasteiger charge is 2.36. The molecule has 3 aromatic carbocycles. The number of halogens is 1. The monoisotopic (exact) mass is 628 g/mol. The van der Waals surface area contributed by atoms with Crippen molar-refractivity contribution in [3.8, 4) is 17.1 Å². The Bertz CT molecular complexity index is 2190. The zero-order valence-electron chi connectivity index (χ0n) is 23.8. The van der Waals surface area contributed by atoms with Crippen molar-refractivity contribution in [2.75, 3.05) is 13.7 Å². The van der Waals surface area contributed by atoms with E-state index in [2.05, 4.69) is 4.99 Å². The van der Waals surface area contributed by atoms with Crippen LogP contribution in [0.3, 0.4) is 0 Å². The van der Waals surface area contributed by atoms with Crippen LogP contribution in [-0.4, -0.2) is 35.3 Å². The van der Waals surface area contributed by atoms with E-state index in [-0.39, 0.29) is 23.3 Å². The highest BCUT2D eigenvalue weighted by molar-refractivity contribution is 7.07. The molecule has 2 aromatic heterocycles. The molecule has 1 aliphatic rings. The maximum absolute atomic E-state index is 14.2. The van der Waals surface area contributed by atoms with Gasteiger partial charge < -0.3 is 19.0 Å². The van der Waals surface area contributed by atoms with Gasteiger partial charge in [0, 0.05) is 17.2 Å². The third-order valence-electron chi connectivity index (χ3n) is 7.32. The first kappa shape index (κ1) is 29.2. The van der Waals surface area contributed by atoms with Crippen LogP contribution in [0.1, 0.15) is 41.6 Å². The summed E-state index contributed by atoms with van der Waals surface area (Å²) < 4.78 is 19.0. The number of nitrogens with zero attached hydrogens (tertiary/aromatic N) is 2. The number of aromatic nitrogens is 1. The van der Waals surface area contributed by atoms with Crippen LogP contribution >= 0.6 is 22.9 Å². The average molecular weight is 629 g/mol. The number of thiazole rings is 1. The number of ether oxygens (including phenoxy) is 2. The Kier molecular flexibility index (Phi) is 7.71. The quantitative estimate of drug-likeness (QED) is 0.234. The van der Waals surface area contributed by atoms with Crippen LogP contribution in [0.2, 0.25) is 5.02 Å². The lowest BCUT2D eigenvalue weighted by Gasteiger charge is -2.27. The van der Waals surface area contributed by atoms with Gasteiger partial charge >= 0.3 is 11.9 Å². The molecule has 222 valence electrons. The highest BCUT2D eigenvalue weighted by Crippen LogP contribution is 2.40. The summed E-state index contributed by atoms with van der Waals surface area (Å²) in [6, 6.07) is 18.2. The Morgan fingerprint density at radius 3 is 2.68 bits per heavy atom. The Morgan fingerprint density at radius 2 is 1.93 bits per heavy atom. The van der Waals surface area contributed by atoms with Crippen molar-refractivity contribution in [3.63, 3.8) is 0 Å². The number of carbonyl (C=O) groups is 2. The van der Waals surface area contributed by atoms with Crippen LogP contribution in [0.15, 0.2) is 92.2 Å². The molecule has 0 radical (unpaired) electrons. The van der Waals surface area contributed by atoms with Crippen LogP contribution in [0, 0.1) is 0 Å². The lowest BCUT2D eigenvalue weighted by molar-refractivity contribution is -0.139. The second-order valence-electron chi connectivity index (χ2n) is 9.91. The van der Waals surface area contributed by atoms with Gasteiger partial charge in [-0.3, -0.25) is 9.36 Å². The molecule has 0 aliphatic carbocycles. The van der Waals surface area contributed by atoms with Gasteiger partial charge in [-0.15, -0.1) is 0 Å². The minimum Gasteiger partial charge on any atom is -0.496 e. The summed E-state index contributed by atoms with van der Waals surface area (Å²) >= 11 is 7.49. The minimum absolute atomic E-state index is 0.0623. The summed E-state index contributed by atoms with van der Waals surface area (Å²) in [7, 11) is 1.55. The van der Waals surface area contributed by atoms with Gasteiger partial charge in [0.05, 0.1) is 40.1 Å². The highest BCUT2D eigenvalue weighted by atomic mass is 35.5. The van der Waals surface area contributed by atoms with E-state index in [1.54, 1.807) is 39.2 Å². The van der Waals surface area contributed by atoms with E-state index in [4.69, 9.17) is 25.5 Å². The summed E-state index contributed by atoms with van der Waals surface area (Å²) in [6.07, 6.45) is 1.59. The molecule has 0 spiro atoms. The Labute approximate surface area is 259 Å². The van der Waals surface area contributed by atoms with Crippen molar-refractivity contribution in [3.05, 3.63) is 120 Å². The molecular weight excluding hydrogens is 604 g/mol. The standard InChI is InChI=1S/C33H25ClN2O7S/c1-4-42-32(40)27-17(2)35-33-36(29(27)28-21-8-6-5-7-18(21)10-13-25(28)41-3)30(37)26(44-33)16-20-11-14-24(43-20)22-15-19(31(38)39)9-12-23(22)34/h5-16,29H,4H2,1-3H3,(H,38,39)/b26-16-/t29-/m0/s1. The molecule has 3 heterocycles. The molecule has 1 atom stereocenters. The predicted molar refractivity (Wildman–Crippen MR) is 167 cm³/mol. The van der Waals surface area contributed by atoms with Crippen LogP contribution in [0.25, 0.3) is 28.2 Å². The van der Waals surface area contributed by atoms with Crippen molar-refractivity contribution >= 4 is 51.7 Å². The number of methoxy groups -OCH3 is 1. The number of carboxylic acids is 1. The molecule has 44 heavy (non-hydrogen) atoms. The Balaban J connectivity index is 1.55. The molecule has 9 nitrogen and oxygen atoms in total. The topological polar surface area (TPSA) is 120 Å². The van der Waals surface area contributed by atoms with E-state index >= 15 is 0 Å². The van der Waals surface area contributed by atoms with Crippen LogP contribution in [0.5, 0.6) is 5.75 Å². The van der Waals surface area contributed by atoms with Crippen molar-refractivity contribution in [1.82, 2.24) is 4.57 Å². The first-order valence-electron chi connectivity index (χ1n) is 13.6. The second-order valence-corrected chi connectivity index (χ2v) is 11.3. The summed E-state index contributed by atoms with van der Waals surface area (Å²) in [5.74, 6) is -0.459. The minimum atomic E-state index is -1.09. The molecule has 0 amide bonds. The second kappa shape index (κ2) is 11.6. The van der Waals surface area contributed by atoms with Gasteiger partial charge in [0.15, 0.2) is 4.80 Å². The first-order chi connectivity index (χ1) is 21.2. The normalized spacial score (nSPS) is 14.8. The molecular formula is C33H25ClN2O7S. The van der Waals surface area contributed by atoms with Gasteiger partial charge in [-0.05, 0) is 61.0 Å². The number of carboxylic acid groups (broad SMARTS) is 1. The van der Waals surface area contributed by atoms with Crippen LogP contribution in [-0.2, 0) is 9.53 Å². The summed E-state index contributed by atoms with van der Waals surface area (Å²) in [5.41, 5.74) is 1.41. The molecule has 6 rings (SSSR count). The molecule has 11 heteroatoms. The predicted octanol–water partition coefficient (Wildman–Crippen LogP) is 5.57. The van der Waals surface area contributed by atoms with Gasteiger partial charge in [0.2, 0.25) is 0 Å². The zero-order chi connectivity index (χ0) is 31.1. The van der Waals surface area contributed by atoms with Crippen LogP contribution in [0.4, 0.5) is 0 Å². The summed E-state index contributed by atoms with van der Waals surface area (Å²) in [4.78, 5) is 44.1. The molecule has 0 fully saturated rings. The number of fused-ring (bicyclic) bond motifs is 2. The van der Waals surface area contributed by atoms with E-state index in [1.807, 2.05) is 36.4 Å². The Morgan fingerprint density at radius 1 is 1.14 bits per heavy atom. The third kappa shape index (κ3) is 5.01. The number of hydrogen-bond acceptors (Lipinski definition) is 8. The molecule has 0 unspecified atom stereocenters. The SMILES string of the molecule is CCOC(=O)C1=C(C)N=c2s/c(=C\c3ccc(-c4cc(C(=O)O)ccc4Cl)o3)c(=O)n2[C@@H]1c1c(OC)ccc2ccccc12. The van der Waals surface area contributed by atoms with Gasteiger partial charge in [0.1, 0.15) is 23.3 Å². The maximum Gasteiger partial charge on any atom is 0.338 e. The van der Waals surface area contributed by atoms with Gasteiger partial charge in [-0.2, -0.15) is 0 Å². The number of benzene rings is 3. The fourth-order valence-corrected chi connectivity index (χ4v) is 6.59. The number of allylic oxidation sites excluding steroid dienone is 1. The molecule has 5 aromatic rings. The zero-order valence-corrected chi connectivity index (χ0v) is 25.4. The number of esters is 1. The largest absolute Gasteiger partial charge is 0.496 e. The number of rotatable bonds is 7. The first-order valence-corrected chi connectivity index (χ1v) is 14.8. The smallest absolute Gasteiger partial charge is 0.338 e. The third-order valence-corrected chi connectivity index (χ3v) is 8.63. The average Bonchev–Trinajstić information content (AvgIpc) is 3.59. The van der Waals surface area contributed by atoms with E-state index in [0.29, 0.717) is 48.5 Å². The number of hydrogen-bond donors (Lipinski definition) is 1. The van der Waals surface area contributed by atoms with Gasteiger partial charge in [-0.1, -0.05) is 53.3 Å². The maximum atomic E-state index is 14.2. The van der Waals surface area contributed by atoms with E-state index < -0.39 is 18.0 Å². The molecule has 0 bridgehead atoms. The Hall–Kier alpha value is -4.93. The van der Waals surface area contributed by atoms with Crippen molar-refractivity contribution in [2.24, 2.45) is 4.99 Å². The molecule has 1 aliphatic heterocycles. The molecule has 0 saturated carbocycles. The van der Waals surface area contributed by atoms with Gasteiger partial charge in [-0.25, -0.2) is 14.6 Å². The summed E-state index contributed by atoms with van der Waals surface area (Å²) in [6.45, 7) is 3.60.